The van der Waals surface area contributed by atoms with Crippen LogP contribution in [0.15, 0.2) is 53.4 Å². The van der Waals surface area contributed by atoms with Gasteiger partial charge >= 0.3 is 0 Å². The van der Waals surface area contributed by atoms with Crippen molar-refractivity contribution in [2.24, 2.45) is 0 Å². The average molecular weight is 402 g/mol. The molecule has 1 heterocycles. The number of anilines is 2. The first-order valence-corrected chi connectivity index (χ1v) is 11.2. The van der Waals surface area contributed by atoms with E-state index >= 15 is 0 Å². The summed E-state index contributed by atoms with van der Waals surface area (Å²) < 4.78 is 26.6. The second kappa shape index (κ2) is 8.75. The molecule has 1 amide bonds. The highest BCUT2D eigenvalue weighted by Gasteiger charge is 2.22. The molecule has 0 spiro atoms. The van der Waals surface area contributed by atoms with Gasteiger partial charge in [-0.1, -0.05) is 26.0 Å². The van der Waals surface area contributed by atoms with Gasteiger partial charge in [0.1, 0.15) is 0 Å². The number of carbonyl (C=O) groups is 1. The molecular weight excluding hydrogens is 374 g/mol. The van der Waals surface area contributed by atoms with Crippen molar-refractivity contribution in [3.8, 4) is 0 Å². The topological polar surface area (TPSA) is 69.7 Å². The summed E-state index contributed by atoms with van der Waals surface area (Å²) in [5, 5.41) is 2.97. The van der Waals surface area contributed by atoms with Crippen LogP contribution in [-0.2, 0) is 10.0 Å². The van der Waals surface area contributed by atoms with Crippen LogP contribution in [0.2, 0.25) is 0 Å². The number of nitrogens with one attached hydrogen (secondary N) is 1. The normalized spacial score (nSPS) is 14.5. The zero-order valence-electron chi connectivity index (χ0n) is 16.4. The molecule has 1 saturated heterocycles. The van der Waals surface area contributed by atoms with Gasteiger partial charge in [-0.25, -0.2) is 8.42 Å². The number of hydrogen-bond acceptors (Lipinski definition) is 4. The number of rotatable bonds is 7. The van der Waals surface area contributed by atoms with Crippen LogP contribution in [0.5, 0.6) is 0 Å². The average Bonchev–Trinajstić information content (AvgIpc) is 3.24. The molecule has 3 rings (SSSR count). The van der Waals surface area contributed by atoms with Crippen molar-refractivity contribution in [1.29, 1.82) is 0 Å². The van der Waals surface area contributed by atoms with E-state index in [0.29, 0.717) is 18.7 Å². The Balaban J connectivity index is 1.78. The number of carbonyl (C=O) groups excluding carboxylic acids is 1. The summed E-state index contributed by atoms with van der Waals surface area (Å²) >= 11 is 0. The van der Waals surface area contributed by atoms with E-state index in [1.807, 2.05) is 24.3 Å². The summed E-state index contributed by atoms with van der Waals surface area (Å²) in [5.41, 5.74) is 2.22. The highest BCUT2D eigenvalue weighted by Crippen LogP contribution is 2.29. The first-order valence-electron chi connectivity index (χ1n) is 9.73. The summed E-state index contributed by atoms with van der Waals surface area (Å²) in [6, 6.07) is 13.9. The van der Waals surface area contributed by atoms with E-state index in [0.717, 1.165) is 37.3 Å². The maximum atomic E-state index is 12.7. The maximum Gasteiger partial charge on any atom is 0.255 e. The molecule has 6 nitrogen and oxygen atoms in total. The fourth-order valence-corrected chi connectivity index (χ4v) is 4.96. The quantitative estimate of drug-likeness (QED) is 0.770. The van der Waals surface area contributed by atoms with Crippen LogP contribution < -0.4 is 10.2 Å². The standard InChI is InChI=1S/C21H27N3O3S/c1-3-24(4-2)28(26,27)18-13-11-17(12-14-18)21(25)22-19-9-5-6-10-20(19)23-15-7-8-16-23/h5-6,9-14H,3-4,7-8,15-16H2,1-2H3,(H,22,25). The Kier molecular flexibility index (Phi) is 6.36. The SMILES string of the molecule is CCN(CC)S(=O)(=O)c1ccc(C(=O)Nc2ccccc2N2CCCC2)cc1. The van der Waals surface area contributed by atoms with Gasteiger partial charge in [-0.15, -0.1) is 0 Å². The van der Waals surface area contributed by atoms with Crippen LogP contribution in [0.4, 0.5) is 11.4 Å². The van der Waals surface area contributed by atoms with Gasteiger partial charge in [0.25, 0.3) is 5.91 Å². The maximum absolute atomic E-state index is 12.7. The lowest BCUT2D eigenvalue weighted by Gasteiger charge is -2.21. The van der Waals surface area contributed by atoms with E-state index in [4.69, 9.17) is 0 Å². The molecule has 0 bridgehead atoms. The lowest BCUT2D eigenvalue weighted by Crippen LogP contribution is -2.30. The predicted molar refractivity (Wildman–Crippen MR) is 112 cm³/mol. The van der Waals surface area contributed by atoms with E-state index in [9.17, 15) is 13.2 Å². The minimum atomic E-state index is -3.53. The number of nitrogens with zero attached hydrogens (tertiary/aromatic N) is 2. The van der Waals surface area contributed by atoms with Crippen LogP contribution in [-0.4, -0.2) is 44.8 Å². The van der Waals surface area contributed by atoms with Crippen molar-refractivity contribution < 1.29 is 13.2 Å². The highest BCUT2D eigenvalue weighted by molar-refractivity contribution is 7.89. The lowest BCUT2D eigenvalue weighted by atomic mass is 10.2. The summed E-state index contributed by atoms with van der Waals surface area (Å²) in [4.78, 5) is 15.2. The molecule has 1 aliphatic rings. The summed E-state index contributed by atoms with van der Waals surface area (Å²) in [6.45, 7) is 6.42. The molecule has 28 heavy (non-hydrogen) atoms. The Morgan fingerprint density at radius 3 is 2.21 bits per heavy atom. The molecule has 2 aromatic carbocycles. The Hall–Kier alpha value is -2.38. The fraction of sp³-hybridized carbons (Fsp3) is 0.381. The van der Waals surface area contributed by atoms with Crippen molar-refractivity contribution in [1.82, 2.24) is 4.31 Å². The van der Waals surface area contributed by atoms with Gasteiger partial charge in [0.05, 0.1) is 16.3 Å². The minimum absolute atomic E-state index is 0.199. The molecule has 150 valence electrons. The molecule has 2 aromatic rings. The predicted octanol–water partition coefficient (Wildman–Crippen LogP) is 3.57. The smallest absolute Gasteiger partial charge is 0.255 e. The molecule has 0 unspecified atom stereocenters. The lowest BCUT2D eigenvalue weighted by molar-refractivity contribution is 0.102. The first-order chi connectivity index (χ1) is 13.5. The van der Waals surface area contributed by atoms with Crippen molar-refractivity contribution >= 4 is 27.3 Å². The number of benzene rings is 2. The van der Waals surface area contributed by atoms with Gasteiger partial charge in [-0.05, 0) is 49.2 Å². The third-order valence-electron chi connectivity index (χ3n) is 5.06. The summed E-state index contributed by atoms with van der Waals surface area (Å²) in [6.07, 6.45) is 2.31. The highest BCUT2D eigenvalue weighted by atomic mass is 32.2. The van der Waals surface area contributed by atoms with Crippen LogP contribution in [0, 0.1) is 0 Å². The fourth-order valence-electron chi connectivity index (χ4n) is 3.50. The largest absolute Gasteiger partial charge is 0.370 e. The van der Waals surface area contributed by atoms with Crippen LogP contribution in [0.3, 0.4) is 0 Å². The van der Waals surface area contributed by atoms with E-state index < -0.39 is 10.0 Å². The van der Waals surface area contributed by atoms with Gasteiger partial charge in [-0.2, -0.15) is 4.31 Å². The first kappa shape index (κ1) is 20.4. The number of hydrogen-bond donors (Lipinski definition) is 1. The van der Waals surface area contributed by atoms with Gasteiger partial charge in [0.15, 0.2) is 0 Å². The molecule has 1 N–H and O–H groups in total. The third-order valence-corrected chi connectivity index (χ3v) is 7.12. The monoisotopic (exact) mass is 401 g/mol. The Bertz CT molecular complexity index is 916. The molecule has 1 fully saturated rings. The van der Waals surface area contributed by atoms with E-state index in [-0.39, 0.29) is 10.8 Å². The van der Waals surface area contributed by atoms with Crippen LogP contribution in [0.25, 0.3) is 0 Å². The van der Waals surface area contributed by atoms with E-state index in [2.05, 4.69) is 10.2 Å². The van der Waals surface area contributed by atoms with Crippen LogP contribution in [0.1, 0.15) is 37.0 Å². The number of amides is 1. The zero-order valence-corrected chi connectivity index (χ0v) is 17.2. The summed E-state index contributed by atoms with van der Waals surface area (Å²) in [7, 11) is -3.53. The Labute approximate surface area is 167 Å². The van der Waals surface area contributed by atoms with E-state index in [1.54, 1.807) is 26.0 Å². The molecule has 1 aliphatic heterocycles. The molecular formula is C21H27N3O3S. The second-order valence-electron chi connectivity index (χ2n) is 6.78. The van der Waals surface area contributed by atoms with Crippen molar-refractivity contribution in [3.63, 3.8) is 0 Å². The molecule has 7 heteroatoms. The van der Waals surface area contributed by atoms with Gasteiger partial charge in [-0.3, -0.25) is 4.79 Å². The number of sulfonamides is 1. The Morgan fingerprint density at radius 1 is 1.00 bits per heavy atom. The molecule has 0 aliphatic carbocycles. The second-order valence-corrected chi connectivity index (χ2v) is 8.72. The molecule has 0 atom stereocenters. The molecule has 0 aromatic heterocycles. The minimum Gasteiger partial charge on any atom is -0.370 e. The summed E-state index contributed by atoms with van der Waals surface area (Å²) in [5.74, 6) is -0.251. The van der Waals surface area contributed by atoms with Gasteiger partial charge in [0, 0.05) is 31.7 Å². The van der Waals surface area contributed by atoms with E-state index in [1.165, 1.54) is 16.4 Å². The van der Waals surface area contributed by atoms with Gasteiger partial charge < -0.3 is 10.2 Å². The van der Waals surface area contributed by atoms with Gasteiger partial charge in [0.2, 0.25) is 10.0 Å². The molecule has 0 saturated carbocycles. The number of para-hydroxylation sites is 2. The molecule has 0 radical (unpaired) electrons. The van der Waals surface area contributed by atoms with Crippen LogP contribution >= 0.6 is 0 Å². The third kappa shape index (κ3) is 4.20. The zero-order chi connectivity index (χ0) is 20.1. The van der Waals surface area contributed by atoms with Crippen molar-refractivity contribution in [2.75, 3.05) is 36.4 Å². The Morgan fingerprint density at radius 2 is 1.61 bits per heavy atom. The van der Waals surface area contributed by atoms with Crippen molar-refractivity contribution in [3.05, 3.63) is 54.1 Å². The van der Waals surface area contributed by atoms with Crippen molar-refractivity contribution in [2.45, 2.75) is 31.6 Å².